The van der Waals surface area contributed by atoms with Crippen LogP contribution in [0.2, 0.25) is 0 Å². The molecule has 1 aromatic heterocycles. The van der Waals surface area contributed by atoms with E-state index in [2.05, 4.69) is 14.9 Å². The van der Waals surface area contributed by atoms with Crippen molar-refractivity contribution in [3.8, 4) is 11.4 Å². The Morgan fingerprint density at radius 1 is 1.00 bits per heavy atom. The number of benzene rings is 3. The van der Waals surface area contributed by atoms with Crippen molar-refractivity contribution in [3.63, 3.8) is 0 Å². The highest BCUT2D eigenvalue weighted by atomic mass is 16.5. The Morgan fingerprint density at radius 3 is 2.52 bits per heavy atom. The molecule has 1 N–H and O–H groups in total. The van der Waals surface area contributed by atoms with E-state index in [1.807, 2.05) is 79.7 Å². The molecule has 0 saturated heterocycles. The zero-order valence-electron chi connectivity index (χ0n) is 15.1. The highest BCUT2D eigenvalue weighted by Crippen LogP contribution is 2.25. The lowest BCUT2D eigenvalue weighted by molar-refractivity contribution is 0.102. The van der Waals surface area contributed by atoms with Crippen LogP contribution in [0.5, 0.6) is 5.75 Å². The van der Waals surface area contributed by atoms with Crippen LogP contribution < -0.4 is 10.1 Å². The molecule has 0 saturated carbocycles. The van der Waals surface area contributed by atoms with Gasteiger partial charge in [0.1, 0.15) is 11.6 Å². The molecule has 4 aromatic rings. The van der Waals surface area contributed by atoms with Gasteiger partial charge in [-0.2, -0.15) is 0 Å². The van der Waals surface area contributed by atoms with Gasteiger partial charge in [0.05, 0.1) is 23.8 Å². The number of para-hydroxylation sites is 3. The minimum atomic E-state index is -0.201. The van der Waals surface area contributed by atoms with Crippen molar-refractivity contribution in [2.75, 3.05) is 12.4 Å². The summed E-state index contributed by atoms with van der Waals surface area (Å²) in [6.45, 7) is 1.96. The van der Waals surface area contributed by atoms with E-state index in [1.165, 1.54) is 0 Å². The Labute approximate surface area is 157 Å². The monoisotopic (exact) mass is 357 g/mol. The summed E-state index contributed by atoms with van der Waals surface area (Å²) >= 11 is 0. The van der Waals surface area contributed by atoms with E-state index in [0.29, 0.717) is 17.0 Å². The van der Waals surface area contributed by atoms with Gasteiger partial charge in [0.2, 0.25) is 0 Å². The van der Waals surface area contributed by atoms with Gasteiger partial charge in [-0.25, -0.2) is 4.98 Å². The van der Waals surface area contributed by atoms with Crippen LogP contribution in [0, 0.1) is 6.92 Å². The fraction of sp³-hybridized carbons (Fsp3) is 0.0909. The minimum absolute atomic E-state index is 0.201. The summed E-state index contributed by atoms with van der Waals surface area (Å²) in [7, 11) is 1.58. The summed E-state index contributed by atoms with van der Waals surface area (Å²) in [5.41, 5.74) is 3.97. The van der Waals surface area contributed by atoms with E-state index in [9.17, 15) is 4.79 Å². The lowest BCUT2D eigenvalue weighted by atomic mass is 10.1. The number of nitrogens with zero attached hydrogens (tertiary/aromatic N) is 2. The second-order valence-corrected chi connectivity index (χ2v) is 6.19. The van der Waals surface area contributed by atoms with Crippen LogP contribution >= 0.6 is 0 Å². The largest absolute Gasteiger partial charge is 0.495 e. The Bertz CT molecular complexity index is 1120. The molecule has 27 heavy (non-hydrogen) atoms. The number of ether oxygens (including phenoxy) is 1. The number of carbonyl (C=O) groups is 1. The Morgan fingerprint density at radius 2 is 1.74 bits per heavy atom. The number of imidazole rings is 1. The van der Waals surface area contributed by atoms with Crippen molar-refractivity contribution in [3.05, 3.63) is 84.2 Å². The number of hydrogen-bond donors (Lipinski definition) is 1. The van der Waals surface area contributed by atoms with E-state index in [-0.39, 0.29) is 5.91 Å². The maximum Gasteiger partial charge on any atom is 0.255 e. The standard InChI is InChI=1S/C22H19N3O2/c1-15-23-19-14-16(22(26)24-18-10-6-7-11-21(18)27-2)12-13-20(19)25(15)17-8-4-3-5-9-17/h3-14H,1-2H3,(H,24,26). The van der Waals surface area contributed by atoms with E-state index >= 15 is 0 Å². The summed E-state index contributed by atoms with van der Waals surface area (Å²) in [5.74, 6) is 1.29. The molecule has 0 atom stereocenters. The zero-order chi connectivity index (χ0) is 18.8. The quantitative estimate of drug-likeness (QED) is 0.581. The summed E-state index contributed by atoms with van der Waals surface area (Å²) < 4.78 is 7.37. The zero-order valence-corrected chi connectivity index (χ0v) is 15.1. The molecule has 5 nitrogen and oxygen atoms in total. The van der Waals surface area contributed by atoms with Crippen LogP contribution in [-0.2, 0) is 0 Å². The van der Waals surface area contributed by atoms with Gasteiger partial charge >= 0.3 is 0 Å². The molecule has 0 aliphatic rings. The average Bonchev–Trinajstić information content (AvgIpc) is 3.03. The molecule has 5 heteroatoms. The van der Waals surface area contributed by atoms with Gasteiger partial charge < -0.3 is 10.1 Å². The van der Waals surface area contributed by atoms with Crippen molar-refractivity contribution in [1.29, 1.82) is 0 Å². The van der Waals surface area contributed by atoms with Crippen molar-refractivity contribution >= 4 is 22.6 Å². The molecular weight excluding hydrogens is 338 g/mol. The number of nitrogens with one attached hydrogen (secondary N) is 1. The third-order valence-corrected chi connectivity index (χ3v) is 4.45. The van der Waals surface area contributed by atoms with Crippen LogP contribution in [0.4, 0.5) is 5.69 Å². The molecule has 1 amide bonds. The van der Waals surface area contributed by atoms with Gasteiger partial charge in [0, 0.05) is 11.3 Å². The summed E-state index contributed by atoms with van der Waals surface area (Å²) in [6, 6.07) is 22.9. The lowest BCUT2D eigenvalue weighted by Gasteiger charge is -2.10. The smallest absolute Gasteiger partial charge is 0.255 e. The van der Waals surface area contributed by atoms with Gasteiger partial charge in [-0.15, -0.1) is 0 Å². The van der Waals surface area contributed by atoms with Gasteiger partial charge in [0.15, 0.2) is 0 Å². The fourth-order valence-electron chi connectivity index (χ4n) is 3.19. The topological polar surface area (TPSA) is 56.1 Å². The van der Waals surface area contributed by atoms with Crippen molar-refractivity contribution in [2.24, 2.45) is 0 Å². The maximum atomic E-state index is 12.7. The molecular formula is C22H19N3O2. The normalized spacial score (nSPS) is 10.7. The number of carbonyl (C=O) groups excluding carboxylic acids is 1. The highest BCUT2D eigenvalue weighted by molar-refractivity contribution is 6.06. The number of amides is 1. The van der Waals surface area contributed by atoms with E-state index in [4.69, 9.17) is 4.74 Å². The molecule has 0 aliphatic heterocycles. The summed E-state index contributed by atoms with van der Waals surface area (Å²) in [5, 5.41) is 2.90. The Hall–Kier alpha value is -3.60. The van der Waals surface area contributed by atoms with Crippen LogP contribution in [0.1, 0.15) is 16.2 Å². The molecule has 1 heterocycles. The number of aromatic nitrogens is 2. The first kappa shape index (κ1) is 16.8. The predicted octanol–water partition coefficient (Wildman–Crippen LogP) is 4.59. The third kappa shape index (κ3) is 3.15. The predicted molar refractivity (Wildman–Crippen MR) is 107 cm³/mol. The Balaban J connectivity index is 1.69. The summed E-state index contributed by atoms with van der Waals surface area (Å²) in [6.07, 6.45) is 0. The van der Waals surface area contributed by atoms with Crippen molar-refractivity contribution in [2.45, 2.75) is 6.92 Å². The maximum absolute atomic E-state index is 12.7. The first-order chi connectivity index (χ1) is 13.2. The molecule has 0 radical (unpaired) electrons. The van der Waals surface area contributed by atoms with Crippen LogP contribution in [0.3, 0.4) is 0 Å². The first-order valence-electron chi connectivity index (χ1n) is 8.66. The molecule has 4 rings (SSSR count). The number of hydrogen-bond acceptors (Lipinski definition) is 3. The van der Waals surface area contributed by atoms with Crippen LogP contribution in [-0.4, -0.2) is 22.6 Å². The number of rotatable bonds is 4. The summed E-state index contributed by atoms with van der Waals surface area (Å²) in [4.78, 5) is 17.3. The lowest BCUT2D eigenvalue weighted by Crippen LogP contribution is -2.12. The molecule has 3 aromatic carbocycles. The Kier molecular flexibility index (Phi) is 4.34. The van der Waals surface area contributed by atoms with E-state index < -0.39 is 0 Å². The van der Waals surface area contributed by atoms with Crippen LogP contribution in [0.25, 0.3) is 16.7 Å². The molecule has 0 bridgehead atoms. The first-order valence-corrected chi connectivity index (χ1v) is 8.66. The van der Waals surface area contributed by atoms with E-state index in [0.717, 1.165) is 22.5 Å². The SMILES string of the molecule is COc1ccccc1NC(=O)c1ccc2c(c1)nc(C)n2-c1ccccc1. The molecule has 0 spiro atoms. The third-order valence-electron chi connectivity index (χ3n) is 4.45. The van der Waals surface area contributed by atoms with Gasteiger partial charge in [0.25, 0.3) is 5.91 Å². The molecule has 134 valence electrons. The highest BCUT2D eigenvalue weighted by Gasteiger charge is 2.14. The average molecular weight is 357 g/mol. The fourth-order valence-corrected chi connectivity index (χ4v) is 3.19. The molecule has 0 aliphatic carbocycles. The van der Waals surface area contributed by atoms with Crippen LogP contribution in [0.15, 0.2) is 72.8 Å². The minimum Gasteiger partial charge on any atom is -0.495 e. The number of aryl methyl sites for hydroxylation is 1. The number of fused-ring (bicyclic) bond motifs is 1. The molecule has 0 fully saturated rings. The van der Waals surface area contributed by atoms with E-state index in [1.54, 1.807) is 7.11 Å². The number of anilines is 1. The number of methoxy groups -OCH3 is 1. The second-order valence-electron chi connectivity index (χ2n) is 6.19. The van der Waals surface area contributed by atoms with Crippen molar-refractivity contribution in [1.82, 2.24) is 9.55 Å². The molecule has 0 unspecified atom stereocenters. The van der Waals surface area contributed by atoms with Gasteiger partial charge in [-0.3, -0.25) is 9.36 Å². The van der Waals surface area contributed by atoms with Gasteiger partial charge in [-0.05, 0) is 49.4 Å². The van der Waals surface area contributed by atoms with Crippen molar-refractivity contribution < 1.29 is 9.53 Å². The second kappa shape index (κ2) is 6.96. The van der Waals surface area contributed by atoms with Gasteiger partial charge in [-0.1, -0.05) is 30.3 Å².